The summed E-state index contributed by atoms with van der Waals surface area (Å²) in [5.74, 6) is -0.202. The molecule has 1 aliphatic rings. The standard InChI is InChI=1S/C6H10O3/c1-6(3-7)2-5(8)9-4-6/h7H,2-4H2,1H3/t6-/m0/s1. The molecule has 1 rings (SSSR count). The topological polar surface area (TPSA) is 46.5 Å². The van der Waals surface area contributed by atoms with Crippen molar-refractivity contribution in [3.8, 4) is 0 Å². The molecule has 0 radical (unpaired) electrons. The summed E-state index contributed by atoms with van der Waals surface area (Å²) in [5, 5.41) is 8.71. The minimum absolute atomic E-state index is 0.0265. The Hall–Kier alpha value is -0.570. The number of ether oxygens (including phenoxy) is 1. The van der Waals surface area contributed by atoms with Gasteiger partial charge in [-0.1, -0.05) is 6.92 Å². The zero-order valence-corrected chi connectivity index (χ0v) is 5.39. The van der Waals surface area contributed by atoms with Crippen LogP contribution in [0.4, 0.5) is 0 Å². The molecule has 0 saturated carbocycles. The molecule has 0 aromatic carbocycles. The van der Waals surface area contributed by atoms with Gasteiger partial charge in [0.15, 0.2) is 0 Å². The van der Waals surface area contributed by atoms with E-state index in [9.17, 15) is 4.79 Å². The maximum absolute atomic E-state index is 10.5. The molecule has 1 aliphatic heterocycles. The van der Waals surface area contributed by atoms with Gasteiger partial charge in [0, 0.05) is 5.41 Å². The van der Waals surface area contributed by atoms with Crippen LogP contribution in [0.5, 0.6) is 0 Å². The van der Waals surface area contributed by atoms with Crippen molar-refractivity contribution < 1.29 is 14.6 Å². The average Bonchev–Trinajstić information content (AvgIpc) is 2.13. The van der Waals surface area contributed by atoms with E-state index in [1.807, 2.05) is 6.92 Å². The molecule has 1 N–H and O–H groups in total. The molecule has 3 heteroatoms. The highest BCUT2D eigenvalue weighted by Gasteiger charge is 2.35. The molecular formula is C6H10O3. The second-order valence-corrected chi connectivity index (χ2v) is 2.81. The van der Waals surface area contributed by atoms with Crippen LogP contribution in [-0.4, -0.2) is 24.3 Å². The van der Waals surface area contributed by atoms with Crippen LogP contribution >= 0.6 is 0 Å². The van der Waals surface area contributed by atoms with E-state index in [2.05, 4.69) is 4.74 Å². The highest BCUT2D eigenvalue weighted by Crippen LogP contribution is 2.27. The third-order valence-electron chi connectivity index (χ3n) is 1.53. The van der Waals surface area contributed by atoms with Crippen LogP contribution in [0.2, 0.25) is 0 Å². The first kappa shape index (κ1) is 6.55. The molecule has 3 nitrogen and oxygen atoms in total. The smallest absolute Gasteiger partial charge is 0.306 e. The Kier molecular flexibility index (Phi) is 1.45. The highest BCUT2D eigenvalue weighted by atomic mass is 16.5. The highest BCUT2D eigenvalue weighted by molar-refractivity contribution is 5.72. The summed E-state index contributed by atoms with van der Waals surface area (Å²) in [7, 11) is 0. The van der Waals surface area contributed by atoms with Gasteiger partial charge < -0.3 is 9.84 Å². The Labute approximate surface area is 53.6 Å². The van der Waals surface area contributed by atoms with Crippen molar-refractivity contribution in [3.63, 3.8) is 0 Å². The minimum atomic E-state index is -0.308. The second kappa shape index (κ2) is 1.99. The van der Waals surface area contributed by atoms with Crippen LogP contribution in [0.25, 0.3) is 0 Å². The van der Waals surface area contributed by atoms with E-state index in [1.54, 1.807) is 0 Å². The minimum Gasteiger partial charge on any atom is -0.465 e. The maximum Gasteiger partial charge on any atom is 0.306 e. The predicted octanol–water partition coefficient (Wildman–Crippen LogP) is -0.0681. The fraction of sp³-hybridized carbons (Fsp3) is 0.833. The van der Waals surface area contributed by atoms with E-state index < -0.39 is 0 Å². The molecule has 0 aromatic rings. The number of hydrogen-bond acceptors (Lipinski definition) is 3. The van der Waals surface area contributed by atoms with Gasteiger partial charge in [0.2, 0.25) is 0 Å². The third kappa shape index (κ3) is 1.21. The average molecular weight is 130 g/mol. The number of aliphatic hydroxyl groups excluding tert-OH is 1. The summed E-state index contributed by atoms with van der Waals surface area (Å²) < 4.78 is 4.66. The molecule has 1 saturated heterocycles. The third-order valence-corrected chi connectivity index (χ3v) is 1.53. The number of carbonyl (C=O) groups is 1. The fourth-order valence-electron chi connectivity index (χ4n) is 0.807. The molecule has 0 spiro atoms. The summed E-state index contributed by atoms with van der Waals surface area (Å²) in [4.78, 5) is 10.5. The lowest BCUT2D eigenvalue weighted by Gasteiger charge is -2.14. The Morgan fingerprint density at radius 2 is 2.56 bits per heavy atom. The number of aliphatic hydroxyl groups is 1. The Balaban J connectivity index is 2.54. The molecule has 52 valence electrons. The van der Waals surface area contributed by atoms with E-state index in [0.29, 0.717) is 13.0 Å². The zero-order valence-electron chi connectivity index (χ0n) is 5.39. The summed E-state index contributed by atoms with van der Waals surface area (Å²) >= 11 is 0. The van der Waals surface area contributed by atoms with Crippen molar-refractivity contribution in [2.75, 3.05) is 13.2 Å². The number of rotatable bonds is 1. The van der Waals surface area contributed by atoms with Gasteiger partial charge in [0.25, 0.3) is 0 Å². The molecule has 0 unspecified atom stereocenters. The number of cyclic esters (lactones) is 1. The van der Waals surface area contributed by atoms with E-state index in [0.717, 1.165) is 0 Å². The molecule has 0 aromatic heterocycles. The summed E-state index contributed by atoms with van der Waals surface area (Å²) in [6.45, 7) is 2.22. The number of esters is 1. The largest absolute Gasteiger partial charge is 0.465 e. The number of carbonyl (C=O) groups excluding carboxylic acids is 1. The second-order valence-electron chi connectivity index (χ2n) is 2.81. The van der Waals surface area contributed by atoms with Gasteiger partial charge in [-0.2, -0.15) is 0 Å². The van der Waals surface area contributed by atoms with Crippen molar-refractivity contribution in [1.29, 1.82) is 0 Å². The van der Waals surface area contributed by atoms with Gasteiger partial charge >= 0.3 is 5.97 Å². The molecule has 1 fully saturated rings. The first-order valence-corrected chi connectivity index (χ1v) is 2.93. The zero-order chi connectivity index (χ0) is 6.91. The molecule has 9 heavy (non-hydrogen) atoms. The van der Waals surface area contributed by atoms with Crippen LogP contribution in [0.15, 0.2) is 0 Å². The maximum atomic E-state index is 10.5. The van der Waals surface area contributed by atoms with Crippen LogP contribution in [0.3, 0.4) is 0 Å². The van der Waals surface area contributed by atoms with E-state index >= 15 is 0 Å². The lowest BCUT2D eigenvalue weighted by atomic mass is 9.91. The monoisotopic (exact) mass is 130 g/mol. The number of hydrogen-bond donors (Lipinski definition) is 1. The Morgan fingerprint density at radius 1 is 1.89 bits per heavy atom. The van der Waals surface area contributed by atoms with Crippen LogP contribution in [0.1, 0.15) is 13.3 Å². The van der Waals surface area contributed by atoms with Gasteiger partial charge in [-0.15, -0.1) is 0 Å². The normalized spacial score (nSPS) is 34.7. The van der Waals surface area contributed by atoms with Gasteiger partial charge in [-0.3, -0.25) is 4.79 Å². The lowest BCUT2D eigenvalue weighted by Crippen LogP contribution is -2.20. The molecular weight excluding hydrogens is 120 g/mol. The van der Waals surface area contributed by atoms with Gasteiger partial charge in [0.1, 0.15) is 0 Å². The van der Waals surface area contributed by atoms with Gasteiger partial charge in [0.05, 0.1) is 19.6 Å². The van der Waals surface area contributed by atoms with Gasteiger partial charge in [-0.05, 0) is 0 Å². The SMILES string of the molecule is C[C@]1(CO)COC(=O)C1. The lowest BCUT2D eigenvalue weighted by molar-refractivity contribution is -0.137. The van der Waals surface area contributed by atoms with Crippen LogP contribution < -0.4 is 0 Å². The van der Waals surface area contributed by atoms with Crippen LogP contribution in [-0.2, 0) is 9.53 Å². The van der Waals surface area contributed by atoms with Crippen molar-refractivity contribution in [2.45, 2.75) is 13.3 Å². The summed E-state index contributed by atoms with van der Waals surface area (Å²) in [6.07, 6.45) is 0.351. The Bertz CT molecular complexity index is 132. The molecule has 0 bridgehead atoms. The first-order chi connectivity index (χ1) is 4.16. The summed E-state index contributed by atoms with van der Waals surface area (Å²) in [6, 6.07) is 0. The molecule has 0 aliphatic carbocycles. The van der Waals surface area contributed by atoms with Crippen molar-refractivity contribution in [1.82, 2.24) is 0 Å². The van der Waals surface area contributed by atoms with Crippen molar-refractivity contribution >= 4 is 5.97 Å². The van der Waals surface area contributed by atoms with Crippen molar-refractivity contribution in [3.05, 3.63) is 0 Å². The molecule has 1 atom stereocenters. The van der Waals surface area contributed by atoms with E-state index in [4.69, 9.17) is 5.11 Å². The van der Waals surface area contributed by atoms with E-state index in [-0.39, 0.29) is 18.0 Å². The van der Waals surface area contributed by atoms with Crippen molar-refractivity contribution in [2.24, 2.45) is 5.41 Å². The Morgan fingerprint density at radius 3 is 2.78 bits per heavy atom. The predicted molar refractivity (Wildman–Crippen MR) is 30.8 cm³/mol. The molecule has 1 heterocycles. The first-order valence-electron chi connectivity index (χ1n) is 2.93. The quantitative estimate of drug-likeness (QED) is 0.505. The fourth-order valence-corrected chi connectivity index (χ4v) is 0.807. The van der Waals surface area contributed by atoms with Crippen LogP contribution in [0, 0.1) is 5.41 Å². The summed E-state index contributed by atoms with van der Waals surface area (Å²) in [5.41, 5.74) is -0.308. The molecule has 0 amide bonds. The van der Waals surface area contributed by atoms with Gasteiger partial charge in [-0.25, -0.2) is 0 Å². The van der Waals surface area contributed by atoms with E-state index in [1.165, 1.54) is 0 Å².